The maximum absolute atomic E-state index is 12.4. The minimum absolute atomic E-state index is 0.140. The molecule has 0 aliphatic heterocycles. The number of halogens is 1. The number of nitrogens with one attached hydrogen (secondary N) is 1. The van der Waals surface area contributed by atoms with Crippen molar-refractivity contribution in [2.24, 2.45) is 0 Å². The maximum Gasteiger partial charge on any atom is 0.262 e. The molecule has 0 radical (unpaired) electrons. The van der Waals surface area contributed by atoms with Gasteiger partial charge in [-0.3, -0.25) is 4.72 Å². The first-order valence-electron chi connectivity index (χ1n) is 6.67. The second-order valence-corrected chi connectivity index (χ2v) is 6.83. The van der Waals surface area contributed by atoms with Crippen LogP contribution < -0.4 is 4.72 Å². The van der Waals surface area contributed by atoms with Crippen LogP contribution in [0.5, 0.6) is 0 Å². The van der Waals surface area contributed by atoms with E-state index >= 15 is 0 Å². The van der Waals surface area contributed by atoms with Crippen LogP contribution in [0.4, 0.5) is 5.69 Å². The van der Waals surface area contributed by atoms with Crippen LogP contribution in [0.15, 0.2) is 41.4 Å². The van der Waals surface area contributed by atoms with Gasteiger partial charge in [-0.2, -0.15) is 0 Å². The van der Waals surface area contributed by atoms with Crippen molar-refractivity contribution >= 4 is 27.3 Å². The zero-order chi connectivity index (χ0) is 15.5. The van der Waals surface area contributed by atoms with Crippen LogP contribution >= 0.6 is 11.6 Å². The highest BCUT2D eigenvalue weighted by Crippen LogP contribution is 2.26. The second-order valence-electron chi connectivity index (χ2n) is 4.79. The molecule has 1 heterocycles. The predicted molar refractivity (Wildman–Crippen MR) is 85.2 cm³/mol. The van der Waals surface area contributed by atoms with Gasteiger partial charge < -0.3 is 0 Å². The molecular weight excluding hydrogens is 308 g/mol. The number of rotatable bonds is 5. The van der Waals surface area contributed by atoms with Gasteiger partial charge in [0.1, 0.15) is 0 Å². The summed E-state index contributed by atoms with van der Waals surface area (Å²) in [6, 6.07) is 8.57. The van der Waals surface area contributed by atoms with E-state index in [1.807, 2.05) is 12.1 Å². The van der Waals surface area contributed by atoms with Gasteiger partial charge in [0.05, 0.1) is 10.6 Å². The number of anilines is 1. The highest BCUT2D eigenvalue weighted by Gasteiger charge is 2.17. The summed E-state index contributed by atoms with van der Waals surface area (Å²) in [6.07, 6.45) is 3.49. The number of sulfonamides is 1. The summed E-state index contributed by atoms with van der Waals surface area (Å²) in [5, 5.41) is 0.140. The van der Waals surface area contributed by atoms with E-state index in [0.717, 1.165) is 24.0 Å². The fourth-order valence-corrected chi connectivity index (χ4v) is 3.41. The lowest BCUT2D eigenvalue weighted by atomic mass is 10.1. The lowest BCUT2D eigenvalue weighted by Crippen LogP contribution is -2.14. The summed E-state index contributed by atoms with van der Waals surface area (Å²) >= 11 is 5.95. The highest BCUT2D eigenvalue weighted by atomic mass is 35.5. The van der Waals surface area contributed by atoms with Gasteiger partial charge in [-0.15, -0.1) is 0 Å². The van der Waals surface area contributed by atoms with Gasteiger partial charge in [-0.1, -0.05) is 37.1 Å². The van der Waals surface area contributed by atoms with Crippen LogP contribution in [0.2, 0.25) is 5.15 Å². The predicted octanol–water partition coefficient (Wildman–Crippen LogP) is 3.80. The van der Waals surface area contributed by atoms with E-state index in [0.29, 0.717) is 5.69 Å². The Morgan fingerprint density at radius 2 is 1.86 bits per heavy atom. The summed E-state index contributed by atoms with van der Waals surface area (Å²) in [5.74, 6) is 0. The van der Waals surface area contributed by atoms with E-state index in [1.54, 1.807) is 25.1 Å². The van der Waals surface area contributed by atoms with Crippen molar-refractivity contribution in [1.29, 1.82) is 0 Å². The van der Waals surface area contributed by atoms with Crippen molar-refractivity contribution in [1.82, 2.24) is 4.98 Å². The maximum atomic E-state index is 12.4. The standard InChI is InChI=1S/C15H17ClN2O2S/c1-3-4-12-5-7-13(8-6-12)21(19,20)18-14-11(2)9-10-17-15(14)16/h5-10,18H,3-4H2,1-2H3. The molecule has 2 aromatic rings. The number of nitrogens with zero attached hydrogens (tertiary/aromatic N) is 1. The molecule has 0 amide bonds. The molecule has 0 saturated carbocycles. The molecule has 6 heteroatoms. The van der Waals surface area contributed by atoms with E-state index in [4.69, 9.17) is 11.6 Å². The van der Waals surface area contributed by atoms with Gasteiger partial charge in [-0.25, -0.2) is 13.4 Å². The molecule has 0 saturated heterocycles. The topological polar surface area (TPSA) is 59.1 Å². The van der Waals surface area contributed by atoms with E-state index in [1.165, 1.54) is 6.20 Å². The summed E-state index contributed by atoms with van der Waals surface area (Å²) < 4.78 is 27.3. The normalized spacial score (nSPS) is 11.4. The molecule has 112 valence electrons. The fraction of sp³-hybridized carbons (Fsp3) is 0.267. The summed E-state index contributed by atoms with van der Waals surface area (Å²) in [6.45, 7) is 3.86. The van der Waals surface area contributed by atoms with E-state index in [2.05, 4.69) is 16.6 Å². The molecule has 0 bridgehead atoms. The molecule has 1 aromatic carbocycles. The van der Waals surface area contributed by atoms with Crippen LogP contribution in [0, 0.1) is 6.92 Å². The Morgan fingerprint density at radius 3 is 2.43 bits per heavy atom. The van der Waals surface area contributed by atoms with Crippen molar-refractivity contribution < 1.29 is 8.42 Å². The Labute approximate surface area is 130 Å². The molecule has 21 heavy (non-hydrogen) atoms. The largest absolute Gasteiger partial charge is 0.276 e. The van der Waals surface area contributed by atoms with Crippen LogP contribution in [-0.4, -0.2) is 13.4 Å². The van der Waals surface area contributed by atoms with Crippen molar-refractivity contribution in [2.45, 2.75) is 31.6 Å². The van der Waals surface area contributed by atoms with Crippen molar-refractivity contribution in [3.63, 3.8) is 0 Å². The average molecular weight is 325 g/mol. The molecule has 4 nitrogen and oxygen atoms in total. The number of hydrogen-bond acceptors (Lipinski definition) is 3. The number of aromatic nitrogens is 1. The summed E-state index contributed by atoms with van der Waals surface area (Å²) in [7, 11) is -3.66. The molecule has 0 aliphatic rings. The number of benzene rings is 1. The first kappa shape index (κ1) is 15.8. The lowest BCUT2D eigenvalue weighted by Gasteiger charge is -2.11. The van der Waals surface area contributed by atoms with Crippen LogP contribution in [0.1, 0.15) is 24.5 Å². The third kappa shape index (κ3) is 3.74. The first-order chi connectivity index (χ1) is 9.94. The Morgan fingerprint density at radius 1 is 1.19 bits per heavy atom. The van der Waals surface area contributed by atoms with Crippen molar-refractivity contribution in [3.8, 4) is 0 Å². The smallest absolute Gasteiger partial charge is 0.262 e. The molecule has 1 aromatic heterocycles. The third-order valence-electron chi connectivity index (χ3n) is 3.12. The zero-order valence-electron chi connectivity index (χ0n) is 11.9. The molecule has 0 fully saturated rings. The number of aryl methyl sites for hydroxylation is 2. The minimum atomic E-state index is -3.66. The zero-order valence-corrected chi connectivity index (χ0v) is 13.5. The van der Waals surface area contributed by atoms with Crippen molar-refractivity contribution in [3.05, 3.63) is 52.8 Å². The van der Waals surface area contributed by atoms with Gasteiger partial charge in [0.25, 0.3) is 10.0 Å². The van der Waals surface area contributed by atoms with Gasteiger partial charge in [0.15, 0.2) is 5.15 Å². The van der Waals surface area contributed by atoms with E-state index < -0.39 is 10.0 Å². The van der Waals surface area contributed by atoms with E-state index in [9.17, 15) is 8.42 Å². The Balaban J connectivity index is 2.30. The molecule has 1 N–H and O–H groups in total. The second kappa shape index (κ2) is 6.45. The number of hydrogen-bond donors (Lipinski definition) is 1. The monoisotopic (exact) mass is 324 g/mol. The van der Waals surface area contributed by atoms with Gasteiger partial charge in [0.2, 0.25) is 0 Å². The Kier molecular flexibility index (Phi) is 4.85. The van der Waals surface area contributed by atoms with Crippen LogP contribution in [-0.2, 0) is 16.4 Å². The van der Waals surface area contributed by atoms with Crippen LogP contribution in [0.25, 0.3) is 0 Å². The molecule has 0 aliphatic carbocycles. The Hall–Kier alpha value is -1.59. The average Bonchev–Trinajstić information content (AvgIpc) is 2.44. The van der Waals surface area contributed by atoms with Gasteiger partial charge >= 0.3 is 0 Å². The van der Waals surface area contributed by atoms with E-state index in [-0.39, 0.29) is 10.0 Å². The molecule has 0 atom stereocenters. The summed E-state index contributed by atoms with van der Waals surface area (Å²) in [5.41, 5.74) is 2.16. The Bertz CT molecular complexity index is 708. The molecule has 0 unspecified atom stereocenters. The van der Waals surface area contributed by atoms with Gasteiger partial charge in [-0.05, 0) is 42.7 Å². The van der Waals surface area contributed by atoms with Crippen LogP contribution in [0.3, 0.4) is 0 Å². The van der Waals surface area contributed by atoms with Crippen molar-refractivity contribution in [2.75, 3.05) is 4.72 Å². The molecular formula is C15H17ClN2O2S. The highest BCUT2D eigenvalue weighted by molar-refractivity contribution is 7.92. The lowest BCUT2D eigenvalue weighted by molar-refractivity contribution is 0.601. The minimum Gasteiger partial charge on any atom is -0.276 e. The summed E-state index contributed by atoms with van der Waals surface area (Å²) in [4.78, 5) is 4.10. The van der Waals surface area contributed by atoms with Gasteiger partial charge in [0, 0.05) is 6.20 Å². The fourth-order valence-electron chi connectivity index (χ4n) is 1.96. The molecule has 2 rings (SSSR count). The molecule has 0 spiro atoms. The SMILES string of the molecule is CCCc1ccc(S(=O)(=O)Nc2c(C)ccnc2Cl)cc1. The first-order valence-corrected chi connectivity index (χ1v) is 8.53. The quantitative estimate of drug-likeness (QED) is 0.851. The third-order valence-corrected chi connectivity index (χ3v) is 4.77. The number of pyridine rings is 1.